The van der Waals surface area contributed by atoms with E-state index >= 15 is 0 Å². The Labute approximate surface area is 220 Å². The lowest BCUT2D eigenvalue weighted by Crippen LogP contribution is -2.22. The molecule has 0 saturated carbocycles. The average Bonchev–Trinajstić information content (AvgIpc) is 2.76. The molecule has 0 aliphatic carbocycles. The summed E-state index contributed by atoms with van der Waals surface area (Å²) in [4.78, 5) is 37.6. The molecule has 0 saturated heterocycles. The van der Waals surface area contributed by atoms with Crippen molar-refractivity contribution in [1.29, 1.82) is 0 Å². The Kier molecular flexibility index (Phi) is 8.37. The number of nitrogens with one attached hydrogen (secondary N) is 1. The van der Waals surface area contributed by atoms with Crippen LogP contribution in [0, 0.1) is 7.14 Å². The fourth-order valence-electron chi connectivity index (χ4n) is 2.69. The Bertz CT molecular complexity index is 1210. The minimum Gasteiger partial charge on any atom is -0.506 e. The fraction of sp³-hybridized carbons (Fsp3) is 0.0455. The molecule has 10 heteroatoms. The lowest BCUT2D eigenvalue weighted by atomic mass is 10.0. The van der Waals surface area contributed by atoms with Crippen LogP contribution in [-0.2, 0) is 9.53 Å². The van der Waals surface area contributed by atoms with E-state index < -0.39 is 24.3 Å². The van der Waals surface area contributed by atoms with Crippen LogP contribution in [0.1, 0.15) is 26.3 Å². The van der Waals surface area contributed by atoms with E-state index in [0.29, 0.717) is 12.2 Å². The third-order valence-electron chi connectivity index (χ3n) is 4.21. The second-order valence-electron chi connectivity index (χ2n) is 6.41. The Morgan fingerprint density at radius 3 is 2.25 bits per heavy atom. The van der Waals surface area contributed by atoms with Crippen molar-refractivity contribution in [2.45, 2.75) is 0 Å². The Morgan fingerprint density at radius 1 is 0.938 bits per heavy atom. The molecule has 3 aromatic carbocycles. The van der Waals surface area contributed by atoms with Gasteiger partial charge in [-0.15, -0.1) is 0 Å². The number of hydrogen-bond acceptors (Lipinski definition) is 5. The quantitative estimate of drug-likeness (QED) is 0.190. The lowest BCUT2D eigenvalue weighted by Gasteiger charge is -2.12. The van der Waals surface area contributed by atoms with E-state index in [-0.39, 0.29) is 33.1 Å². The molecule has 1 amide bonds. The number of benzene rings is 3. The molecule has 164 valence electrons. The monoisotopic (exact) mass is 695 g/mol. The molecule has 0 aromatic heterocycles. The van der Waals surface area contributed by atoms with E-state index in [0.717, 1.165) is 0 Å². The number of carbonyl (C=O) groups is 3. The Balaban J connectivity index is 1.74. The second-order valence-corrected chi connectivity index (χ2v) is 9.58. The summed E-state index contributed by atoms with van der Waals surface area (Å²) < 4.78 is 6.03. The maximum absolute atomic E-state index is 13.0. The van der Waals surface area contributed by atoms with Crippen LogP contribution in [0.2, 0.25) is 10.0 Å². The van der Waals surface area contributed by atoms with Gasteiger partial charge in [0.15, 0.2) is 12.4 Å². The van der Waals surface area contributed by atoms with Crippen LogP contribution in [0.5, 0.6) is 5.75 Å². The Hall–Kier alpha value is -1.89. The van der Waals surface area contributed by atoms with Crippen molar-refractivity contribution in [2.24, 2.45) is 0 Å². The van der Waals surface area contributed by atoms with Crippen LogP contribution < -0.4 is 5.32 Å². The molecule has 3 rings (SSSR count). The van der Waals surface area contributed by atoms with Crippen molar-refractivity contribution < 1.29 is 24.2 Å². The molecule has 0 spiro atoms. The molecular formula is C22H13Cl2I2NO5. The summed E-state index contributed by atoms with van der Waals surface area (Å²) in [6, 6.07) is 13.9. The van der Waals surface area contributed by atoms with Crippen LogP contribution in [0.4, 0.5) is 5.69 Å². The van der Waals surface area contributed by atoms with Crippen molar-refractivity contribution >= 4 is 91.7 Å². The second kappa shape index (κ2) is 10.8. The first kappa shape index (κ1) is 24.7. The number of hydrogen-bond donors (Lipinski definition) is 2. The number of rotatable bonds is 6. The van der Waals surface area contributed by atoms with Gasteiger partial charge < -0.3 is 15.2 Å². The number of halogens is 4. The predicted octanol–water partition coefficient (Wildman–Crippen LogP) is 5.93. The summed E-state index contributed by atoms with van der Waals surface area (Å²) in [5.74, 6) is -1.71. The van der Waals surface area contributed by atoms with Gasteiger partial charge in [0.1, 0.15) is 5.75 Å². The van der Waals surface area contributed by atoms with Crippen molar-refractivity contribution in [1.82, 2.24) is 0 Å². The van der Waals surface area contributed by atoms with Gasteiger partial charge in [0, 0.05) is 16.1 Å². The summed E-state index contributed by atoms with van der Waals surface area (Å²) in [6.45, 7) is -0.574. The average molecular weight is 696 g/mol. The van der Waals surface area contributed by atoms with E-state index in [1.54, 1.807) is 24.3 Å². The summed E-state index contributed by atoms with van der Waals surface area (Å²) in [5, 5.41) is 12.9. The van der Waals surface area contributed by atoms with Crippen molar-refractivity contribution in [3.05, 3.63) is 88.5 Å². The molecule has 2 N–H and O–H groups in total. The molecule has 0 atom stereocenters. The van der Waals surface area contributed by atoms with E-state index in [9.17, 15) is 19.5 Å². The molecule has 0 aliphatic rings. The third kappa shape index (κ3) is 5.91. The summed E-state index contributed by atoms with van der Waals surface area (Å²) in [5.41, 5.74) is 0.808. The summed E-state index contributed by atoms with van der Waals surface area (Å²) in [6.07, 6.45) is 0. The first-order chi connectivity index (χ1) is 15.2. The number of carbonyl (C=O) groups excluding carboxylic acids is 3. The molecular weight excluding hydrogens is 683 g/mol. The number of amides is 1. The zero-order valence-electron chi connectivity index (χ0n) is 16.0. The zero-order valence-corrected chi connectivity index (χ0v) is 21.8. The van der Waals surface area contributed by atoms with E-state index in [1.807, 2.05) is 45.2 Å². The number of aromatic hydroxyl groups is 1. The molecule has 6 nitrogen and oxygen atoms in total. The fourth-order valence-corrected chi connectivity index (χ4v) is 4.85. The Morgan fingerprint density at radius 2 is 1.59 bits per heavy atom. The first-order valence-electron chi connectivity index (χ1n) is 8.91. The SMILES string of the molecule is O=C(COC(=O)c1cc(I)c(O)c(I)c1)Nc1ccc(Cl)cc1C(=O)c1ccccc1Cl. The van der Waals surface area contributed by atoms with Gasteiger partial charge >= 0.3 is 5.97 Å². The smallest absolute Gasteiger partial charge is 0.338 e. The van der Waals surface area contributed by atoms with E-state index in [2.05, 4.69) is 5.32 Å². The van der Waals surface area contributed by atoms with Gasteiger partial charge in [-0.1, -0.05) is 35.3 Å². The number of anilines is 1. The third-order valence-corrected chi connectivity index (χ3v) is 6.42. The minimum absolute atomic E-state index is 0.0685. The number of phenolic OH excluding ortho intramolecular Hbond substituents is 1. The maximum atomic E-state index is 13.0. The normalized spacial score (nSPS) is 10.5. The van der Waals surface area contributed by atoms with Crippen molar-refractivity contribution in [3.8, 4) is 5.75 Å². The van der Waals surface area contributed by atoms with Gasteiger partial charge in [-0.3, -0.25) is 9.59 Å². The molecule has 0 unspecified atom stereocenters. The van der Waals surface area contributed by atoms with Gasteiger partial charge in [0.2, 0.25) is 0 Å². The highest BCUT2D eigenvalue weighted by Crippen LogP contribution is 2.28. The van der Waals surface area contributed by atoms with Crippen LogP contribution in [0.15, 0.2) is 54.6 Å². The van der Waals surface area contributed by atoms with Gasteiger partial charge in [-0.25, -0.2) is 4.79 Å². The summed E-state index contributed by atoms with van der Waals surface area (Å²) in [7, 11) is 0. The highest BCUT2D eigenvalue weighted by Gasteiger charge is 2.19. The van der Waals surface area contributed by atoms with Crippen molar-refractivity contribution in [3.63, 3.8) is 0 Å². The largest absolute Gasteiger partial charge is 0.506 e. The molecule has 0 radical (unpaired) electrons. The van der Waals surface area contributed by atoms with E-state index in [4.69, 9.17) is 27.9 Å². The molecule has 0 heterocycles. The van der Waals surface area contributed by atoms with Gasteiger partial charge in [0.25, 0.3) is 5.91 Å². The molecule has 0 aliphatic heterocycles. The lowest BCUT2D eigenvalue weighted by molar-refractivity contribution is -0.119. The number of esters is 1. The highest BCUT2D eigenvalue weighted by molar-refractivity contribution is 14.1. The first-order valence-corrected chi connectivity index (χ1v) is 11.8. The van der Waals surface area contributed by atoms with Crippen LogP contribution in [0.25, 0.3) is 0 Å². The van der Waals surface area contributed by atoms with Crippen molar-refractivity contribution in [2.75, 3.05) is 11.9 Å². The van der Waals surface area contributed by atoms with Crippen LogP contribution >= 0.6 is 68.4 Å². The number of phenols is 1. The van der Waals surface area contributed by atoms with E-state index in [1.165, 1.54) is 30.3 Å². The van der Waals surface area contributed by atoms with Crippen LogP contribution in [-0.4, -0.2) is 29.4 Å². The van der Waals surface area contributed by atoms with Gasteiger partial charge in [0.05, 0.1) is 23.4 Å². The molecule has 0 bridgehead atoms. The maximum Gasteiger partial charge on any atom is 0.338 e. The van der Waals surface area contributed by atoms with Gasteiger partial charge in [-0.05, 0) is 87.6 Å². The standard InChI is InChI=1S/C22H13Cl2I2NO5/c23-12-5-6-18(14(9-12)20(29)13-3-1-2-4-15(13)24)27-19(28)10-32-22(31)11-7-16(25)21(30)17(26)8-11/h1-9,30H,10H2,(H,27,28). The minimum atomic E-state index is -0.723. The highest BCUT2D eigenvalue weighted by atomic mass is 127. The zero-order chi connectivity index (χ0) is 23.4. The molecule has 0 fully saturated rings. The predicted molar refractivity (Wildman–Crippen MR) is 139 cm³/mol. The van der Waals surface area contributed by atoms with Crippen LogP contribution in [0.3, 0.4) is 0 Å². The summed E-state index contributed by atoms with van der Waals surface area (Å²) >= 11 is 16.0. The molecule has 32 heavy (non-hydrogen) atoms. The number of ether oxygens (including phenoxy) is 1. The number of ketones is 1. The topological polar surface area (TPSA) is 92.7 Å². The molecule has 3 aromatic rings. The van der Waals surface area contributed by atoms with Gasteiger partial charge in [-0.2, -0.15) is 0 Å².